The van der Waals surface area contributed by atoms with Gasteiger partial charge in [0.25, 0.3) is 60.7 Å². The van der Waals surface area contributed by atoms with E-state index in [2.05, 4.69) is 21.1 Å². The molecule has 2 aliphatic carbocycles. The van der Waals surface area contributed by atoms with Crippen molar-refractivity contribution in [3.63, 3.8) is 0 Å². The molecule has 0 unspecified atom stereocenters. The van der Waals surface area contributed by atoms with Gasteiger partial charge in [0, 0.05) is 12.1 Å². The zero-order valence-corrected chi connectivity index (χ0v) is 36.6. The first-order valence-electron chi connectivity index (χ1n) is 16.9. The van der Waals surface area contributed by atoms with Crippen LogP contribution in [0.3, 0.4) is 0 Å². The van der Waals surface area contributed by atoms with Gasteiger partial charge in [-0.3, -0.25) is 47.8 Å². The molecular formula is C34H24N4O22S6. The Morgan fingerprint density at radius 1 is 0.439 bits per heavy atom. The summed E-state index contributed by atoms with van der Waals surface area (Å²) in [6.45, 7) is 0. The molecule has 0 heterocycles. The van der Waals surface area contributed by atoms with Crippen molar-refractivity contribution < 1.29 is 97.6 Å². The first-order chi connectivity index (χ1) is 30.2. The maximum absolute atomic E-state index is 13.3. The second kappa shape index (κ2) is 16.7. The summed E-state index contributed by atoms with van der Waals surface area (Å²) >= 11 is 0. The van der Waals surface area contributed by atoms with E-state index >= 15 is 0 Å². The largest absolute Gasteiger partial charge is 0.507 e. The summed E-state index contributed by atoms with van der Waals surface area (Å²) in [4.78, 5) is 20.3. The number of carbonyl (C=O) groups is 2. The number of nitrogens with one attached hydrogen (secondary N) is 2. The number of aromatic hydroxyl groups is 2. The highest BCUT2D eigenvalue weighted by atomic mass is 32.2. The molecule has 32 heteroatoms. The molecule has 4 aromatic carbocycles. The van der Waals surface area contributed by atoms with Crippen molar-refractivity contribution in [2.45, 2.75) is 19.6 Å². The van der Waals surface area contributed by atoms with Gasteiger partial charge in [0.1, 0.15) is 31.1 Å². The highest BCUT2D eigenvalue weighted by Gasteiger charge is 2.37. The van der Waals surface area contributed by atoms with Gasteiger partial charge in [-0.25, -0.2) is 0 Å². The normalized spacial score (nSPS) is 16.2. The minimum Gasteiger partial charge on any atom is -0.507 e. The molecule has 0 amide bonds. The molecule has 2 aliphatic rings. The molecular weight excluding hydrogens is 1010 g/mol. The van der Waals surface area contributed by atoms with Crippen LogP contribution in [-0.4, -0.2) is 111 Å². The zero-order chi connectivity index (χ0) is 49.3. The van der Waals surface area contributed by atoms with Crippen LogP contribution in [-0.2, 0) is 60.7 Å². The minimum absolute atomic E-state index is 0.404. The van der Waals surface area contributed by atoms with E-state index in [1.165, 1.54) is 0 Å². The number of allylic oxidation sites excluding steroid dienone is 2. The second-order valence-corrected chi connectivity index (χ2v) is 21.7. The fraction of sp³-hybridized carbons (Fsp3) is 0. The predicted molar refractivity (Wildman–Crippen MR) is 227 cm³/mol. The van der Waals surface area contributed by atoms with Crippen molar-refractivity contribution in [1.29, 1.82) is 0 Å². The second-order valence-electron chi connectivity index (χ2n) is 13.3. The highest BCUT2D eigenvalue weighted by Crippen LogP contribution is 2.36. The zero-order valence-electron chi connectivity index (χ0n) is 31.7. The Kier molecular flexibility index (Phi) is 12.4. The summed E-state index contributed by atoms with van der Waals surface area (Å²) in [7, 11) is -31.1. The van der Waals surface area contributed by atoms with Crippen molar-refractivity contribution in [2.75, 3.05) is 10.9 Å². The predicted octanol–water partition coefficient (Wildman–Crippen LogP) is 2.04. The van der Waals surface area contributed by atoms with Crippen LogP contribution in [0.4, 0.5) is 11.4 Å². The van der Waals surface area contributed by atoms with Gasteiger partial charge in [-0.1, -0.05) is 24.3 Å². The lowest BCUT2D eigenvalue weighted by Crippen LogP contribution is -2.27. The van der Waals surface area contributed by atoms with Gasteiger partial charge in [-0.15, -0.1) is 0 Å². The van der Waals surface area contributed by atoms with Gasteiger partial charge in [0.15, 0.2) is 11.4 Å². The molecule has 0 saturated heterocycles. The van der Waals surface area contributed by atoms with Gasteiger partial charge in [0.05, 0.1) is 32.3 Å². The number of carbonyl (C=O) groups excluding carboxylic acids is 2. The summed E-state index contributed by atoms with van der Waals surface area (Å²) in [5.74, 6) is -4.97. The standard InChI is InChI=1S/C34H24N4O22S6/c39-23-13-21(61(43,44)45)7-17-9-27(65(55,56)57)31(33(41)29(17)23)37-35-19-5-3-15(25(11-19)63(49,50)51)1-2-16-4-6-20(12-26(16)64(52,53)54)36-38-32-28(66(58,59)60)10-18-8-22(62(46,47)48)14-24(40)30(18)34(32)42/h1-14,35-36,39-40H,(H,43,44,45)(H,46,47,48)(H,49,50,51)(H,52,53,54)(H,55,56,57)(H,58,59,60)/b2-1+,37-31-,38-32+. The van der Waals surface area contributed by atoms with E-state index < -0.39 is 169 Å². The molecule has 0 spiro atoms. The average Bonchev–Trinajstić information content (AvgIpc) is 3.16. The summed E-state index contributed by atoms with van der Waals surface area (Å²) < 4.78 is 204. The Labute approximate surface area is 371 Å². The van der Waals surface area contributed by atoms with Gasteiger partial charge in [-0.05, 0) is 70.8 Å². The van der Waals surface area contributed by atoms with E-state index in [0.717, 1.165) is 36.4 Å². The summed E-state index contributed by atoms with van der Waals surface area (Å²) in [5, 5.41) is 27.9. The molecule has 0 aliphatic heterocycles. The lowest BCUT2D eigenvalue weighted by atomic mass is 9.94. The fourth-order valence-corrected chi connectivity index (χ4v) is 9.91. The third kappa shape index (κ3) is 10.1. The van der Waals surface area contributed by atoms with Gasteiger partial charge >= 0.3 is 0 Å². The van der Waals surface area contributed by atoms with Crippen LogP contribution in [0.2, 0.25) is 0 Å². The maximum atomic E-state index is 13.3. The Morgan fingerprint density at radius 2 is 0.773 bits per heavy atom. The van der Waals surface area contributed by atoms with Gasteiger partial charge < -0.3 is 10.2 Å². The molecule has 0 aromatic heterocycles. The lowest BCUT2D eigenvalue weighted by molar-refractivity contribution is 0.105. The number of hydrazone groups is 2. The van der Waals surface area contributed by atoms with E-state index in [-0.39, 0.29) is 0 Å². The van der Waals surface area contributed by atoms with Crippen LogP contribution < -0.4 is 10.9 Å². The Hall–Kier alpha value is -6.56. The van der Waals surface area contributed by atoms with Crippen LogP contribution in [0.25, 0.3) is 24.3 Å². The molecule has 6 rings (SSSR count). The minimum atomic E-state index is -5.36. The quantitative estimate of drug-likeness (QED) is 0.0551. The fourth-order valence-electron chi connectivity index (χ4n) is 6.10. The first-order valence-corrected chi connectivity index (χ1v) is 25.6. The number of rotatable bonds is 12. The molecule has 348 valence electrons. The molecule has 66 heavy (non-hydrogen) atoms. The maximum Gasteiger partial charge on any atom is 0.296 e. The third-order valence-electron chi connectivity index (χ3n) is 8.94. The van der Waals surface area contributed by atoms with Crippen molar-refractivity contribution >= 4 is 119 Å². The smallest absolute Gasteiger partial charge is 0.296 e. The molecule has 0 radical (unpaired) electrons. The summed E-state index contributed by atoms with van der Waals surface area (Å²) in [6.07, 6.45) is 2.87. The number of hydrogen-bond donors (Lipinski definition) is 10. The van der Waals surface area contributed by atoms with Gasteiger partial charge in [-0.2, -0.15) is 60.7 Å². The lowest BCUT2D eigenvalue weighted by Gasteiger charge is -2.18. The number of benzene rings is 4. The SMILES string of the molecule is O=C1/C(=N/Nc2ccc(/C=C/c3ccc(N/N=C4\C(=O)c5c(O)cc(S(=O)(=O)O)cc5C=C4S(=O)(=O)O)cc3S(=O)(=O)O)c(S(=O)(=O)O)c2)C(S(=O)(=O)O)=Cc2cc(S(=O)(=O)O)cc(O)c21. The number of fused-ring (bicyclic) bond motifs is 2. The van der Waals surface area contributed by atoms with Crippen molar-refractivity contribution in [3.8, 4) is 11.5 Å². The van der Waals surface area contributed by atoms with Crippen LogP contribution in [0.15, 0.2) is 100 Å². The van der Waals surface area contributed by atoms with Crippen molar-refractivity contribution in [3.05, 3.63) is 104 Å². The van der Waals surface area contributed by atoms with E-state index in [1.54, 1.807) is 0 Å². The molecule has 0 saturated carbocycles. The summed E-state index contributed by atoms with van der Waals surface area (Å²) in [5.41, 5.74) is -2.23. The molecule has 0 bridgehead atoms. The van der Waals surface area contributed by atoms with Crippen LogP contribution in [0.1, 0.15) is 43.0 Å². The van der Waals surface area contributed by atoms with Gasteiger partial charge in [0.2, 0.25) is 11.6 Å². The molecule has 0 atom stereocenters. The van der Waals surface area contributed by atoms with E-state index in [1.807, 2.05) is 0 Å². The van der Waals surface area contributed by atoms with E-state index in [4.69, 9.17) is 0 Å². The van der Waals surface area contributed by atoms with Crippen molar-refractivity contribution in [1.82, 2.24) is 0 Å². The Balaban J connectivity index is 1.33. The third-order valence-corrected chi connectivity index (χ3v) is 14.2. The average molecular weight is 1030 g/mol. The number of phenols is 2. The Morgan fingerprint density at radius 3 is 1.06 bits per heavy atom. The monoisotopic (exact) mass is 1030 g/mol. The Bertz CT molecular complexity index is 3500. The summed E-state index contributed by atoms with van der Waals surface area (Å²) in [6, 6.07) is 7.45. The number of ketones is 2. The van der Waals surface area contributed by atoms with Crippen molar-refractivity contribution in [2.24, 2.45) is 10.2 Å². The molecule has 26 nitrogen and oxygen atoms in total. The van der Waals surface area contributed by atoms with Crippen LogP contribution >= 0.6 is 0 Å². The van der Waals surface area contributed by atoms with Crippen LogP contribution in [0, 0.1) is 0 Å². The first kappa shape index (κ1) is 48.9. The molecule has 4 aromatic rings. The topological polar surface area (TPSA) is 450 Å². The number of nitrogens with zero attached hydrogens (tertiary/aromatic N) is 2. The number of phenolic OH excluding ortho intramolecular Hbond substituents is 2. The van der Waals surface area contributed by atoms with E-state index in [0.29, 0.717) is 48.6 Å². The van der Waals surface area contributed by atoms with Crippen LogP contribution in [0.5, 0.6) is 11.5 Å². The number of hydrogen-bond acceptors (Lipinski definition) is 20. The molecule has 0 fully saturated rings. The molecule has 10 N–H and O–H groups in total. The number of anilines is 2. The highest BCUT2D eigenvalue weighted by molar-refractivity contribution is 7.91. The number of Topliss-reactive ketones (excluding diaryl/α,β-unsaturated/α-hetero) is 2. The van der Waals surface area contributed by atoms with E-state index in [9.17, 15) is 97.6 Å².